The number of hydrogen-bond acceptors (Lipinski definition) is 7. The number of thiocarbonyl (C=S) groups is 1. The van der Waals surface area contributed by atoms with Crippen LogP contribution in [0.15, 0.2) is 58.4 Å². The molecule has 3 heterocycles. The second kappa shape index (κ2) is 8.62. The van der Waals surface area contributed by atoms with E-state index in [1.165, 1.54) is 15.4 Å². The molecule has 3 aromatic rings. The summed E-state index contributed by atoms with van der Waals surface area (Å²) in [6, 6.07) is 12.9. The Bertz CT molecular complexity index is 1270. The second-order valence-corrected chi connectivity index (χ2v) is 8.79. The van der Waals surface area contributed by atoms with E-state index in [-0.39, 0.29) is 23.6 Å². The van der Waals surface area contributed by atoms with E-state index < -0.39 is 6.10 Å². The Kier molecular flexibility index (Phi) is 5.90. The zero-order valence-electron chi connectivity index (χ0n) is 16.9. The number of nitrogens with one attached hydrogen (secondary N) is 1. The number of anilines is 1. The number of aryl methyl sites for hydroxylation is 1. The molecule has 0 bridgehead atoms. The van der Waals surface area contributed by atoms with E-state index >= 15 is 0 Å². The minimum absolute atomic E-state index is 0.147. The number of amides is 1. The maximum Gasteiger partial charge on any atom is 0.267 e. The van der Waals surface area contributed by atoms with Crippen molar-refractivity contribution in [2.24, 2.45) is 0 Å². The lowest BCUT2D eigenvalue weighted by atomic mass is 10.1. The number of fused-ring (bicyclic) bond motifs is 1. The molecule has 1 amide bonds. The van der Waals surface area contributed by atoms with Crippen molar-refractivity contribution < 1.29 is 9.90 Å². The van der Waals surface area contributed by atoms with Crippen molar-refractivity contribution in [1.29, 1.82) is 0 Å². The minimum atomic E-state index is -0.792. The molecule has 1 atom stereocenters. The van der Waals surface area contributed by atoms with Crippen LogP contribution in [-0.2, 0) is 4.79 Å². The molecule has 1 saturated heterocycles. The third-order valence-electron chi connectivity index (χ3n) is 4.99. The van der Waals surface area contributed by atoms with E-state index in [4.69, 9.17) is 12.2 Å². The quantitative estimate of drug-likeness (QED) is 0.455. The first kappa shape index (κ1) is 21.2. The molecule has 1 aliphatic rings. The first-order valence-corrected chi connectivity index (χ1v) is 10.8. The number of aromatic nitrogens is 2. The van der Waals surface area contributed by atoms with Crippen molar-refractivity contribution in [2.75, 3.05) is 18.9 Å². The van der Waals surface area contributed by atoms with E-state index in [1.807, 2.05) is 43.3 Å². The van der Waals surface area contributed by atoms with E-state index in [2.05, 4.69) is 10.3 Å². The first-order valence-electron chi connectivity index (χ1n) is 9.57. The molecular weight excluding hydrogens is 432 g/mol. The van der Waals surface area contributed by atoms with Crippen molar-refractivity contribution in [3.05, 3.63) is 80.6 Å². The fourth-order valence-corrected chi connectivity index (χ4v) is 4.40. The van der Waals surface area contributed by atoms with Gasteiger partial charge in [0.25, 0.3) is 11.5 Å². The highest BCUT2D eigenvalue weighted by Gasteiger charge is 2.29. The first-order chi connectivity index (χ1) is 14.9. The smallest absolute Gasteiger partial charge is 0.267 e. The Morgan fingerprint density at radius 1 is 1.23 bits per heavy atom. The Labute approximate surface area is 188 Å². The molecule has 2 N–H and O–H groups in total. The van der Waals surface area contributed by atoms with Gasteiger partial charge in [-0.3, -0.25) is 18.9 Å². The summed E-state index contributed by atoms with van der Waals surface area (Å²) in [7, 11) is 1.60. The molecule has 158 valence electrons. The molecular formula is C22H20N4O3S2. The molecule has 7 nitrogen and oxygen atoms in total. The number of thioether (sulfide) groups is 1. The largest absolute Gasteiger partial charge is 0.387 e. The highest BCUT2D eigenvalue weighted by Crippen LogP contribution is 2.32. The fourth-order valence-electron chi connectivity index (χ4n) is 3.24. The number of aliphatic hydroxyl groups excluding tert-OH is 1. The summed E-state index contributed by atoms with van der Waals surface area (Å²) >= 11 is 6.33. The van der Waals surface area contributed by atoms with Crippen molar-refractivity contribution in [1.82, 2.24) is 14.3 Å². The van der Waals surface area contributed by atoms with Gasteiger partial charge in [0, 0.05) is 19.8 Å². The fraction of sp³-hybridized carbons (Fsp3) is 0.182. The summed E-state index contributed by atoms with van der Waals surface area (Å²) in [6.07, 6.45) is 2.37. The average Bonchev–Trinajstić information content (AvgIpc) is 3.02. The van der Waals surface area contributed by atoms with Gasteiger partial charge in [-0.05, 0) is 30.2 Å². The molecule has 4 rings (SSSR count). The summed E-state index contributed by atoms with van der Waals surface area (Å²) in [5, 5.41) is 13.6. The van der Waals surface area contributed by atoms with Gasteiger partial charge < -0.3 is 10.4 Å². The molecule has 31 heavy (non-hydrogen) atoms. The Morgan fingerprint density at radius 2 is 1.97 bits per heavy atom. The van der Waals surface area contributed by atoms with Crippen molar-refractivity contribution in [3.8, 4) is 0 Å². The monoisotopic (exact) mass is 452 g/mol. The summed E-state index contributed by atoms with van der Waals surface area (Å²) in [4.78, 5) is 32.1. The molecule has 2 aromatic heterocycles. The number of benzene rings is 1. The summed E-state index contributed by atoms with van der Waals surface area (Å²) < 4.78 is 1.88. The molecule has 1 aliphatic heterocycles. The van der Waals surface area contributed by atoms with E-state index in [0.717, 1.165) is 22.9 Å². The van der Waals surface area contributed by atoms with Crippen LogP contribution < -0.4 is 10.9 Å². The van der Waals surface area contributed by atoms with E-state index in [9.17, 15) is 14.7 Å². The van der Waals surface area contributed by atoms with Crippen LogP contribution in [0.25, 0.3) is 11.7 Å². The van der Waals surface area contributed by atoms with Crippen LogP contribution in [-0.4, -0.2) is 43.2 Å². The van der Waals surface area contributed by atoms with Crippen LogP contribution >= 0.6 is 24.0 Å². The molecule has 0 unspecified atom stereocenters. The lowest BCUT2D eigenvalue weighted by molar-refractivity contribution is -0.121. The number of likely N-dealkylation sites (N-methyl/N-ethyl adjacent to an activating group) is 1. The van der Waals surface area contributed by atoms with Gasteiger partial charge >= 0.3 is 0 Å². The average molecular weight is 453 g/mol. The highest BCUT2D eigenvalue weighted by molar-refractivity contribution is 8.26. The predicted molar refractivity (Wildman–Crippen MR) is 127 cm³/mol. The van der Waals surface area contributed by atoms with Gasteiger partial charge in [-0.15, -0.1) is 0 Å². The topological polar surface area (TPSA) is 86.9 Å². The molecule has 1 fully saturated rings. The number of rotatable bonds is 5. The van der Waals surface area contributed by atoms with Gasteiger partial charge in [0.1, 0.15) is 15.8 Å². The lowest BCUT2D eigenvalue weighted by Gasteiger charge is -2.15. The number of pyridine rings is 1. The van der Waals surface area contributed by atoms with Gasteiger partial charge in [0.2, 0.25) is 0 Å². The van der Waals surface area contributed by atoms with Crippen LogP contribution in [0.1, 0.15) is 22.8 Å². The van der Waals surface area contributed by atoms with E-state index in [1.54, 1.807) is 19.3 Å². The van der Waals surface area contributed by atoms with Crippen molar-refractivity contribution in [2.45, 2.75) is 13.0 Å². The minimum Gasteiger partial charge on any atom is -0.387 e. The zero-order chi connectivity index (χ0) is 22.1. The lowest BCUT2D eigenvalue weighted by Crippen LogP contribution is -2.24. The number of aliphatic hydroxyl groups is 1. The van der Waals surface area contributed by atoms with Crippen LogP contribution in [0, 0.1) is 6.92 Å². The highest BCUT2D eigenvalue weighted by atomic mass is 32.2. The van der Waals surface area contributed by atoms with Gasteiger partial charge in [0.05, 0.1) is 16.6 Å². The molecule has 0 aliphatic carbocycles. The van der Waals surface area contributed by atoms with Crippen LogP contribution in [0.4, 0.5) is 5.82 Å². The maximum absolute atomic E-state index is 13.3. The molecule has 1 aromatic carbocycles. The third kappa shape index (κ3) is 4.12. The van der Waals surface area contributed by atoms with Crippen LogP contribution in [0.3, 0.4) is 0 Å². The maximum atomic E-state index is 13.3. The van der Waals surface area contributed by atoms with E-state index in [0.29, 0.717) is 20.7 Å². The van der Waals surface area contributed by atoms with Gasteiger partial charge in [-0.2, -0.15) is 0 Å². The van der Waals surface area contributed by atoms with Crippen molar-refractivity contribution >= 4 is 51.7 Å². The number of nitrogens with zero attached hydrogens (tertiary/aromatic N) is 3. The van der Waals surface area contributed by atoms with Gasteiger partial charge in [-0.25, -0.2) is 4.98 Å². The van der Waals surface area contributed by atoms with Crippen LogP contribution in [0.2, 0.25) is 0 Å². The Balaban J connectivity index is 1.78. The zero-order valence-corrected chi connectivity index (χ0v) is 18.5. The number of carbonyl (C=O) groups excluding carboxylic acids is 1. The molecule has 9 heteroatoms. The Hall–Kier alpha value is -3.01. The van der Waals surface area contributed by atoms with Crippen LogP contribution in [0.5, 0.6) is 0 Å². The SMILES string of the molecule is Cc1cccn2c(=O)c(/C=C3\SC(=S)N(C)C3=O)c(NC[C@@H](O)c3ccccc3)nc12. The normalized spacial score (nSPS) is 16.4. The summed E-state index contributed by atoms with van der Waals surface area (Å²) in [5.41, 5.74) is 2.00. The standard InChI is InChI=1S/C22H20N4O3S2/c1-13-7-6-10-26-19(13)24-18(23-12-16(27)14-8-4-3-5-9-14)15(20(26)28)11-17-21(29)25(2)22(30)31-17/h3-11,16,23,27H,12H2,1-2H3/b17-11-/t16-/m1/s1. The van der Waals surface area contributed by atoms with Crippen molar-refractivity contribution in [3.63, 3.8) is 0 Å². The third-order valence-corrected chi connectivity index (χ3v) is 6.48. The van der Waals surface area contributed by atoms with Gasteiger partial charge in [0.15, 0.2) is 0 Å². The number of hydrogen-bond donors (Lipinski definition) is 2. The molecule has 0 radical (unpaired) electrons. The number of carbonyl (C=O) groups is 1. The summed E-state index contributed by atoms with van der Waals surface area (Å²) in [6.45, 7) is 2.01. The summed E-state index contributed by atoms with van der Waals surface area (Å²) in [5.74, 6) is 0.0367. The molecule has 0 spiro atoms. The predicted octanol–water partition coefficient (Wildman–Crippen LogP) is 2.98. The Morgan fingerprint density at radius 3 is 2.65 bits per heavy atom. The molecule has 0 saturated carbocycles. The van der Waals surface area contributed by atoms with Gasteiger partial charge in [-0.1, -0.05) is 60.4 Å². The second-order valence-electron chi connectivity index (χ2n) is 7.11.